The van der Waals surface area contributed by atoms with E-state index in [0.717, 1.165) is 12.0 Å². The molecule has 1 heterocycles. The van der Waals surface area contributed by atoms with Gasteiger partial charge in [0.2, 0.25) is 11.8 Å². The molecule has 0 unspecified atom stereocenters. The highest BCUT2D eigenvalue weighted by atomic mass is 35.5. The second-order valence-corrected chi connectivity index (χ2v) is 8.20. The van der Waals surface area contributed by atoms with Crippen LogP contribution in [0.5, 0.6) is 0 Å². The molecule has 6 nitrogen and oxygen atoms in total. The van der Waals surface area contributed by atoms with E-state index in [1.165, 1.54) is 0 Å². The first-order chi connectivity index (χ1) is 14.3. The van der Waals surface area contributed by atoms with Crippen LogP contribution in [0.15, 0.2) is 48.5 Å². The Morgan fingerprint density at radius 2 is 1.90 bits per heavy atom. The molecule has 0 bridgehead atoms. The van der Waals surface area contributed by atoms with E-state index in [2.05, 4.69) is 10.6 Å². The van der Waals surface area contributed by atoms with Crippen LogP contribution in [0.25, 0.3) is 0 Å². The minimum absolute atomic E-state index is 0.00223. The molecular weight excluding hydrogens is 402 g/mol. The fraction of sp³-hybridized carbons (Fsp3) is 0.348. The maximum Gasteiger partial charge on any atom is 0.251 e. The van der Waals surface area contributed by atoms with E-state index < -0.39 is 5.92 Å². The minimum Gasteiger partial charge on any atom is -0.350 e. The van der Waals surface area contributed by atoms with Gasteiger partial charge in [-0.05, 0) is 44.0 Å². The summed E-state index contributed by atoms with van der Waals surface area (Å²) in [4.78, 5) is 39.0. The lowest BCUT2D eigenvalue weighted by Gasteiger charge is -2.17. The van der Waals surface area contributed by atoms with Gasteiger partial charge in [0.05, 0.1) is 16.6 Å². The zero-order chi connectivity index (χ0) is 21.7. The van der Waals surface area contributed by atoms with Crippen LogP contribution in [0.2, 0.25) is 5.02 Å². The summed E-state index contributed by atoms with van der Waals surface area (Å²) in [5, 5.41) is 5.94. The number of likely N-dealkylation sites (tertiary alicyclic amines) is 1. The summed E-state index contributed by atoms with van der Waals surface area (Å²) in [5.74, 6) is -0.978. The number of rotatable bonds is 7. The van der Waals surface area contributed by atoms with Crippen LogP contribution in [0.3, 0.4) is 0 Å². The number of benzene rings is 2. The first-order valence-electron chi connectivity index (χ1n) is 10.1. The van der Waals surface area contributed by atoms with E-state index in [1.54, 1.807) is 23.1 Å². The smallest absolute Gasteiger partial charge is 0.251 e. The van der Waals surface area contributed by atoms with E-state index in [4.69, 9.17) is 11.6 Å². The van der Waals surface area contributed by atoms with Gasteiger partial charge in [0.25, 0.3) is 5.91 Å². The largest absolute Gasteiger partial charge is 0.350 e. The van der Waals surface area contributed by atoms with Gasteiger partial charge in [-0.2, -0.15) is 0 Å². The fourth-order valence-electron chi connectivity index (χ4n) is 3.42. The number of amides is 3. The third kappa shape index (κ3) is 5.60. The van der Waals surface area contributed by atoms with Gasteiger partial charge in [0, 0.05) is 31.1 Å². The monoisotopic (exact) mass is 427 g/mol. The number of nitrogens with zero attached hydrogens (tertiary/aromatic N) is 1. The van der Waals surface area contributed by atoms with E-state index in [0.29, 0.717) is 29.4 Å². The normalized spacial score (nSPS) is 16.1. The van der Waals surface area contributed by atoms with Crippen LogP contribution in [-0.4, -0.2) is 41.8 Å². The van der Waals surface area contributed by atoms with Crippen LogP contribution in [0.4, 0.5) is 5.69 Å². The van der Waals surface area contributed by atoms with Crippen molar-refractivity contribution in [2.75, 3.05) is 18.4 Å². The van der Waals surface area contributed by atoms with Gasteiger partial charge in [0.1, 0.15) is 0 Å². The molecule has 2 aromatic carbocycles. The van der Waals surface area contributed by atoms with Gasteiger partial charge >= 0.3 is 0 Å². The molecule has 1 aliphatic rings. The average Bonchev–Trinajstić information content (AvgIpc) is 3.09. The standard InChI is InChI=1S/C23H26ClN3O3/c1-15(2)25-22(29)17-8-9-19(24)20(12-17)26-23(30)18-13-21(28)27(14-18)11-10-16-6-4-3-5-7-16/h3-9,12,15,18H,10-11,13-14H2,1-2H3,(H,25,29)(H,26,30)/t18-/m1/s1. The summed E-state index contributed by atoms with van der Waals surface area (Å²) in [5.41, 5.74) is 1.94. The van der Waals surface area contributed by atoms with Crippen molar-refractivity contribution in [3.05, 3.63) is 64.7 Å². The number of carbonyl (C=O) groups is 3. The number of halogens is 1. The summed E-state index contributed by atoms with van der Waals surface area (Å²) in [6, 6.07) is 14.7. The maximum atomic E-state index is 12.7. The highest BCUT2D eigenvalue weighted by molar-refractivity contribution is 6.34. The van der Waals surface area contributed by atoms with Gasteiger partial charge < -0.3 is 15.5 Å². The molecule has 0 saturated carbocycles. The minimum atomic E-state index is -0.447. The molecule has 1 atom stereocenters. The first-order valence-corrected chi connectivity index (χ1v) is 10.4. The van der Waals surface area contributed by atoms with E-state index in [-0.39, 0.29) is 30.2 Å². The lowest BCUT2D eigenvalue weighted by atomic mass is 10.1. The van der Waals surface area contributed by atoms with Crippen LogP contribution >= 0.6 is 11.6 Å². The van der Waals surface area contributed by atoms with Crippen molar-refractivity contribution in [2.24, 2.45) is 5.92 Å². The van der Waals surface area contributed by atoms with Crippen molar-refractivity contribution >= 4 is 35.0 Å². The Balaban J connectivity index is 1.60. The van der Waals surface area contributed by atoms with Crippen LogP contribution in [0.1, 0.15) is 36.2 Å². The number of hydrogen-bond donors (Lipinski definition) is 2. The zero-order valence-electron chi connectivity index (χ0n) is 17.2. The van der Waals surface area contributed by atoms with E-state index >= 15 is 0 Å². The lowest BCUT2D eigenvalue weighted by molar-refractivity contribution is -0.128. The molecule has 1 fully saturated rings. The van der Waals surface area contributed by atoms with Gasteiger partial charge in [-0.1, -0.05) is 41.9 Å². The summed E-state index contributed by atoms with van der Waals surface area (Å²) >= 11 is 6.21. The highest BCUT2D eigenvalue weighted by Crippen LogP contribution is 2.26. The van der Waals surface area contributed by atoms with Crippen molar-refractivity contribution in [1.82, 2.24) is 10.2 Å². The molecule has 3 amide bonds. The van der Waals surface area contributed by atoms with Crippen molar-refractivity contribution in [3.63, 3.8) is 0 Å². The van der Waals surface area contributed by atoms with Crippen LogP contribution in [-0.2, 0) is 16.0 Å². The van der Waals surface area contributed by atoms with Gasteiger partial charge in [-0.15, -0.1) is 0 Å². The van der Waals surface area contributed by atoms with E-state index in [1.807, 2.05) is 44.2 Å². The second-order valence-electron chi connectivity index (χ2n) is 7.79. The molecule has 2 N–H and O–H groups in total. The Kier molecular flexibility index (Phi) is 7.11. The molecule has 0 spiro atoms. The highest BCUT2D eigenvalue weighted by Gasteiger charge is 2.34. The topological polar surface area (TPSA) is 78.5 Å². The predicted octanol–water partition coefficient (Wildman–Crippen LogP) is 3.51. The third-order valence-electron chi connectivity index (χ3n) is 5.00. The van der Waals surface area contributed by atoms with Crippen molar-refractivity contribution in [1.29, 1.82) is 0 Å². The second kappa shape index (κ2) is 9.76. The summed E-state index contributed by atoms with van der Waals surface area (Å²) in [7, 11) is 0. The van der Waals surface area contributed by atoms with Crippen molar-refractivity contribution in [3.8, 4) is 0 Å². The number of anilines is 1. The van der Waals surface area contributed by atoms with Crippen molar-refractivity contribution in [2.45, 2.75) is 32.7 Å². The molecule has 1 saturated heterocycles. The zero-order valence-corrected chi connectivity index (χ0v) is 17.9. The van der Waals surface area contributed by atoms with Gasteiger partial charge in [-0.3, -0.25) is 14.4 Å². The van der Waals surface area contributed by atoms with Gasteiger partial charge in [-0.25, -0.2) is 0 Å². The summed E-state index contributed by atoms with van der Waals surface area (Å²) in [6.07, 6.45) is 0.922. The number of carbonyl (C=O) groups excluding carboxylic acids is 3. The average molecular weight is 428 g/mol. The molecule has 2 aromatic rings. The summed E-state index contributed by atoms with van der Waals surface area (Å²) < 4.78 is 0. The number of nitrogens with one attached hydrogen (secondary N) is 2. The summed E-state index contributed by atoms with van der Waals surface area (Å²) in [6.45, 7) is 4.70. The molecule has 0 aliphatic carbocycles. The van der Waals surface area contributed by atoms with E-state index in [9.17, 15) is 14.4 Å². The molecule has 30 heavy (non-hydrogen) atoms. The molecule has 0 radical (unpaired) electrons. The Bertz CT molecular complexity index is 931. The Morgan fingerprint density at radius 3 is 2.60 bits per heavy atom. The molecule has 158 valence electrons. The lowest BCUT2D eigenvalue weighted by Crippen LogP contribution is -2.31. The first kappa shape index (κ1) is 21.8. The molecular formula is C23H26ClN3O3. The Hall–Kier alpha value is -2.86. The van der Waals surface area contributed by atoms with Crippen molar-refractivity contribution < 1.29 is 14.4 Å². The predicted molar refractivity (Wildman–Crippen MR) is 118 cm³/mol. The molecule has 0 aromatic heterocycles. The Morgan fingerprint density at radius 1 is 1.17 bits per heavy atom. The maximum absolute atomic E-state index is 12.7. The molecule has 7 heteroatoms. The van der Waals surface area contributed by atoms with Crippen LogP contribution in [0, 0.1) is 5.92 Å². The Labute approximate surface area is 181 Å². The molecule has 1 aliphatic heterocycles. The van der Waals surface area contributed by atoms with Gasteiger partial charge in [0.15, 0.2) is 0 Å². The van der Waals surface area contributed by atoms with Crippen LogP contribution < -0.4 is 10.6 Å². The SMILES string of the molecule is CC(C)NC(=O)c1ccc(Cl)c(NC(=O)[C@@H]2CC(=O)N(CCc3ccccc3)C2)c1. The fourth-order valence-corrected chi connectivity index (χ4v) is 3.58. The quantitative estimate of drug-likeness (QED) is 0.709. The number of hydrogen-bond acceptors (Lipinski definition) is 3. The molecule has 3 rings (SSSR count). The third-order valence-corrected chi connectivity index (χ3v) is 5.33.